The first-order chi connectivity index (χ1) is 10.5. The number of amides is 2. The first-order valence-corrected chi connectivity index (χ1v) is 9.02. The number of thiazole rings is 1. The van der Waals surface area contributed by atoms with E-state index in [1.165, 1.54) is 11.3 Å². The molecule has 2 fully saturated rings. The molecule has 0 unspecified atom stereocenters. The van der Waals surface area contributed by atoms with Gasteiger partial charge in [-0.15, -0.1) is 11.3 Å². The molecule has 1 aliphatic heterocycles. The van der Waals surface area contributed by atoms with Gasteiger partial charge < -0.3 is 9.64 Å². The van der Waals surface area contributed by atoms with Crippen molar-refractivity contribution < 1.29 is 9.53 Å². The predicted octanol–water partition coefficient (Wildman–Crippen LogP) is 3.69. The second-order valence-electron chi connectivity index (χ2n) is 6.81. The Morgan fingerprint density at radius 2 is 2.36 bits per heavy atom. The highest BCUT2D eigenvalue weighted by atomic mass is 32.1. The van der Waals surface area contributed by atoms with Crippen molar-refractivity contribution in [2.45, 2.75) is 52.1 Å². The molecule has 1 aliphatic carbocycles. The largest absolute Gasteiger partial charge is 0.378 e. The minimum Gasteiger partial charge on any atom is -0.378 e. The van der Waals surface area contributed by atoms with E-state index in [4.69, 9.17) is 4.74 Å². The van der Waals surface area contributed by atoms with Crippen LogP contribution >= 0.6 is 11.3 Å². The molecule has 2 heterocycles. The van der Waals surface area contributed by atoms with Gasteiger partial charge in [0.2, 0.25) is 0 Å². The number of urea groups is 1. The van der Waals surface area contributed by atoms with Crippen LogP contribution in [0.15, 0.2) is 5.51 Å². The van der Waals surface area contributed by atoms with Gasteiger partial charge in [0, 0.05) is 19.7 Å². The van der Waals surface area contributed by atoms with Gasteiger partial charge in [0.15, 0.2) is 0 Å². The van der Waals surface area contributed by atoms with Gasteiger partial charge in [-0.25, -0.2) is 9.78 Å². The molecule has 1 aromatic rings. The number of likely N-dealkylation sites (tertiary alicyclic amines) is 1. The summed E-state index contributed by atoms with van der Waals surface area (Å²) in [5, 5.41) is 3.94. The van der Waals surface area contributed by atoms with Crippen LogP contribution < -0.4 is 5.32 Å². The molecule has 1 saturated carbocycles. The van der Waals surface area contributed by atoms with E-state index in [0.717, 1.165) is 49.7 Å². The third-order valence-corrected chi connectivity index (χ3v) is 5.57. The lowest BCUT2D eigenvalue weighted by molar-refractivity contribution is -0.0703. The van der Waals surface area contributed by atoms with Crippen LogP contribution in [0.5, 0.6) is 0 Å². The summed E-state index contributed by atoms with van der Waals surface area (Å²) in [5.74, 6) is 0.324. The van der Waals surface area contributed by atoms with E-state index in [0.29, 0.717) is 17.4 Å². The molecule has 1 spiro atoms. The molecular weight excluding hydrogens is 298 g/mol. The summed E-state index contributed by atoms with van der Waals surface area (Å²) in [4.78, 5) is 18.8. The van der Waals surface area contributed by atoms with Crippen LogP contribution in [-0.2, 0) is 4.74 Å². The molecule has 0 aromatic carbocycles. The van der Waals surface area contributed by atoms with E-state index < -0.39 is 0 Å². The number of carbonyl (C=O) groups excluding carboxylic acids is 1. The lowest BCUT2D eigenvalue weighted by Crippen LogP contribution is -2.45. The topological polar surface area (TPSA) is 54.5 Å². The Labute approximate surface area is 136 Å². The second kappa shape index (κ2) is 6.16. The van der Waals surface area contributed by atoms with Crippen molar-refractivity contribution in [3.63, 3.8) is 0 Å². The third-order valence-electron chi connectivity index (χ3n) is 4.81. The Morgan fingerprint density at radius 3 is 3.05 bits per heavy atom. The van der Waals surface area contributed by atoms with Gasteiger partial charge in [-0.1, -0.05) is 13.8 Å². The highest BCUT2D eigenvalue weighted by Gasteiger charge is 2.49. The molecule has 22 heavy (non-hydrogen) atoms. The van der Waals surface area contributed by atoms with Crippen LogP contribution in [0.25, 0.3) is 0 Å². The lowest BCUT2D eigenvalue weighted by Gasteiger charge is -2.44. The molecule has 0 bridgehead atoms. The molecular formula is C16H25N3O2S. The Hall–Kier alpha value is -1.14. The van der Waals surface area contributed by atoms with Crippen molar-refractivity contribution in [2.24, 2.45) is 5.41 Å². The third kappa shape index (κ3) is 2.99. The van der Waals surface area contributed by atoms with E-state index >= 15 is 0 Å². The first-order valence-electron chi connectivity index (χ1n) is 8.14. The SMILES string of the molecule is CCOC1CC2(CCN(C(=O)Nc3scnc3C(C)C)C2)C1. The van der Waals surface area contributed by atoms with Crippen LogP contribution in [0.1, 0.15) is 51.6 Å². The number of ether oxygens (including phenoxy) is 1. The average molecular weight is 323 g/mol. The summed E-state index contributed by atoms with van der Waals surface area (Å²) in [6.07, 6.45) is 3.70. The summed E-state index contributed by atoms with van der Waals surface area (Å²) >= 11 is 1.50. The minimum atomic E-state index is 0.0166. The average Bonchev–Trinajstić information content (AvgIpc) is 3.05. The molecule has 0 atom stereocenters. The molecule has 2 amide bonds. The van der Waals surface area contributed by atoms with Crippen molar-refractivity contribution in [3.8, 4) is 0 Å². The fraction of sp³-hybridized carbons (Fsp3) is 0.750. The number of nitrogens with one attached hydrogen (secondary N) is 1. The van der Waals surface area contributed by atoms with Gasteiger partial charge in [0.1, 0.15) is 5.00 Å². The fourth-order valence-corrected chi connectivity index (χ4v) is 4.46. The number of anilines is 1. The van der Waals surface area contributed by atoms with Gasteiger partial charge in [-0.2, -0.15) is 0 Å². The normalized spacial score (nSPS) is 27.5. The zero-order valence-electron chi connectivity index (χ0n) is 13.6. The lowest BCUT2D eigenvalue weighted by atomic mass is 9.66. The van der Waals surface area contributed by atoms with Crippen molar-refractivity contribution in [1.82, 2.24) is 9.88 Å². The fourth-order valence-electron chi connectivity index (χ4n) is 3.64. The van der Waals surface area contributed by atoms with Crippen molar-refractivity contribution >= 4 is 22.4 Å². The molecule has 6 heteroatoms. The molecule has 1 aromatic heterocycles. The quantitative estimate of drug-likeness (QED) is 0.919. The molecule has 122 valence electrons. The van der Waals surface area contributed by atoms with Crippen LogP contribution in [0, 0.1) is 5.41 Å². The predicted molar refractivity (Wildman–Crippen MR) is 88.5 cm³/mol. The number of nitrogens with zero attached hydrogens (tertiary/aromatic N) is 2. The van der Waals surface area contributed by atoms with E-state index in [2.05, 4.69) is 24.1 Å². The second-order valence-corrected chi connectivity index (χ2v) is 7.66. The summed E-state index contributed by atoms with van der Waals surface area (Å²) in [6, 6.07) is 0.0166. The number of rotatable bonds is 4. The van der Waals surface area contributed by atoms with E-state index in [-0.39, 0.29) is 6.03 Å². The summed E-state index contributed by atoms with van der Waals surface area (Å²) in [6.45, 7) is 8.73. The van der Waals surface area contributed by atoms with Gasteiger partial charge in [-0.05, 0) is 37.5 Å². The molecule has 1 N–H and O–H groups in total. The highest BCUT2D eigenvalue weighted by molar-refractivity contribution is 7.14. The van der Waals surface area contributed by atoms with E-state index in [1.54, 1.807) is 5.51 Å². The Morgan fingerprint density at radius 1 is 1.59 bits per heavy atom. The standard InChI is InChI=1S/C16H25N3O2S/c1-4-21-12-7-16(8-12)5-6-19(9-16)15(20)18-14-13(11(2)3)17-10-22-14/h10-12H,4-9H2,1-3H3,(H,18,20). The van der Waals surface area contributed by atoms with Crippen LogP contribution in [0.3, 0.4) is 0 Å². The number of carbonyl (C=O) groups is 1. The van der Waals surface area contributed by atoms with Gasteiger partial charge in [-0.3, -0.25) is 5.32 Å². The minimum absolute atomic E-state index is 0.0166. The van der Waals surface area contributed by atoms with Crippen molar-refractivity contribution in [3.05, 3.63) is 11.2 Å². The Balaban J connectivity index is 1.55. The molecule has 5 nitrogen and oxygen atoms in total. The maximum atomic E-state index is 12.5. The molecule has 3 rings (SSSR count). The molecule has 0 radical (unpaired) electrons. The summed E-state index contributed by atoms with van der Waals surface area (Å²) < 4.78 is 5.66. The first kappa shape index (κ1) is 15.7. The zero-order valence-corrected chi connectivity index (χ0v) is 14.4. The van der Waals surface area contributed by atoms with Crippen LogP contribution in [-0.4, -0.2) is 41.7 Å². The smallest absolute Gasteiger partial charge is 0.322 e. The molecule has 1 saturated heterocycles. The number of hydrogen-bond donors (Lipinski definition) is 1. The summed E-state index contributed by atoms with van der Waals surface area (Å²) in [5.41, 5.74) is 3.09. The zero-order chi connectivity index (χ0) is 15.7. The van der Waals surface area contributed by atoms with Gasteiger partial charge in [0.25, 0.3) is 0 Å². The van der Waals surface area contributed by atoms with E-state index in [9.17, 15) is 4.79 Å². The maximum Gasteiger partial charge on any atom is 0.322 e. The number of hydrogen-bond acceptors (Lipinski definition) is 4. The maximum absolute atomic E-state index is 12.5. The van der Waals surface area contributed by atoms with Gasteiger partial charge in [0.05, 0.1) is 17.3 Å². The van der Waals surface area contributed by atoms with E-state index in [1.807, 2.05) is 11.8 Å². The van der Waals surface area contributed by atoms with Gasteiger partial charge >= 0.3 is 6.03 Å². The monoisotopic (exact) mass is 323 g/mol. The molecule has 2 aliphatic rings. The van der Waals surface area contributed by atoms with Crippen LogP contribution in [0.2, 0.25) is 0 Å². The van der Waals surface area contributed by atoms with Crippen LogP contribution in [0.4, 0.5) is 9.80 Å². The Bertz CT molecular complexity index is 537. The highest BCUT2D eigenvalue weighted by Crippen LogP contribution is 2.49. The van der Waals surface area contributed by atoms with Crippen molar-refractivity contribution in [2.75, 3.05) is 25.0 Å². The van der Waals surface area contributed by atoms with Crippen molar-refractivity contribution in [1.29, 1.82) is 0 Å². The number of aromatic nitrogens is 1. The summed E-state index contributed by atoms with van der Waals surface area (Å²) in [7, 11) is 0. The Kier molecular flexibility index (Phi) is 4.41.